The molecule has 0 aromatic heterocycles. The molecule has 134 valence electrons. The highest BCUT2D eigenvalue weighted by Gasteiger charge is 2.44. The Morgan fingerprint density at radius 3 is 2.38 bits per heavy atom. The van der Waals surface area contributed by atoms with E-state index in [0.29, 0.717) is 0 Å². The van der Waals surface area contributed by atoms with Crippen LogP contribution in [0, 0.1) is 0 Å². The summed E-state index contributed by atoms with van der Waals surface area (Å²) in [5.74, 6) is 1.77. The monoisotopic (exact) mass is 335 g/mol. The summed E-state index contributed by atoms with van der Waals surface area (Å²) in [5.41, 5.74) is 1.03. The van der Waals surface area contributed by atoms with E-state index in [0.717, 1.165) is 69.0 Å². The van der Waals surface area contributed by atoms with Crippen LogP contribution in [-0.2, 0) is 16.0 Å². The predicted molar refractivity (Wildman–Crippen MR) is 92.8 cm³/mol. The van der Waals surface area contributed by atoms with Crippen molar-refractivity contribution in [3.05, 3.63) is 23.8 Å². The van der Waals surface area contributed by atoms with Gasteiger partial charge in [0.1, 0.15) is 11.5 Å². The van der Waals surface area contributed by atoms with Crippen molar-refractivity contribution in [2.75, 3.05) is 41.0 Å². The van der Waals surface area contributed by atoms with Gasteiger partial charge in [-0.2, -0.15) is 0 Å². The largest absolute Gasteiger partial charge is 0.496 e. The highest BCUT2D eigenvalue weighted by atomic mass is 16.5. The van der Waals surface area contributed by atoms with Crippen LogP contribution >= 0.6 is 0 Å². The lowest BCUT2D eigenvalue weighted by atomic mass is 9.81. The first-order valence-corrected chi connectivity index (χ1v) is 8.81. The molecule has 0 amide bonds. The summed E-state index contributed by atoms with van der Waals surface area (Å²) in [4.78, 5) is 2.45. The first-order chi connectivity index (χ1) is 11.7. The van der Waals surface area contributed by atoms with E-state index in [1.54, 1.807) is 14.2 Å². The summed E-state index contributed by atoms with van der Waals surface area (Å²) in [5, 5.41) is 0. The third-order valence-corrected chi connectivity index (χ3v) is 5.49. The molecule has 24 heavy (non-hydrogen) atoms. The number of ether oxygens (including phenoxy) is 4. The lowest BCUT2D eigenvalue weighted by Crippen LogP contribution is -2.55. The Hall–Kier alpha value is -1.30. The average Bonchev–Trinajstić information content (AvgIpc) is 2.64. The smallest absolute Gasteiger partial charge is 0.127 e. The molecule has 2 aliphatic heterocycles. The van der Waals surface area contributed by atoms with Gasteiger partial charge >= 0.3 is 0 Å². The van der Waals surface area contributed by atoms with E-state index in [1.807, 2.05) is 25.3 Å². The van der Waals surface area contributed by atoms with E-state index < -0.39 is 0 Å². The van der Waals surface area contributed by atoms with Crippen LogP contribution in [0.1, 0.15) is 31.2 Å². The van der Waals surface area contributed by atoms with Gasteiger partial charge in [0.05, 0.1) is 31.5 Å². The van der Waals surface area contributed by atoms with Crippen molar-refractivity contribution in [3.8, 4) is 11.5 Å². The molecule has 2 fully saturated rings. The fourth-order valence-corrected chi connectivity index (χ4v) is 4.10. The molecule has 0 N–H and O–H groups in total. The normalized spacial score (nSPS) is 24.0. The van der Waals surface area contributed by atoms with Crippen LogP contribution in [0.2, 0.25) is 0 Å². The number of rotatable bonds is 5. The first-order valence-electron chi connectivity index (χ1n) is 8.81. The molecule has 1 unspecified atom stereocenters. The zero-order chi connectivity index (χ0) is 17.0. The molecule has 1 spiro atoms. The third-order valence-electron chi connectivity index (χ3n) is 5.49. The Labute approximate surface area is 144 Å². The van der Waals surface area contributed by atoms with Crippen LogP contribution in [0.4, 0.5) is 0 Å². The van der Waals surface area contributed by atoms with E-state index in [9.17, 15) is 0 Å². The van der Waals surface area contributed by atoms with Gasteiger partial charge in [0, 0.05) is 33.4 Å². The SMILES string of the molecule is COc1cccc(OC)c1CN1CCC2(CC1)OCCCC2OC. The number of nitrogens with zero attached hydrogens (tertiary/aromatic N) is 1. The van der Waals surface area contributed by atoms with Crippen LogP contribution in [0.3, 0.4) is 0 Å². The number of hydrogen-bond acceptors (Lipinski definition) is 5. The van der Waals surface area contributed by atoms with Crippen LogP contribution in [-0.4, -0.2) is 57.6 Å². The van der Waals surface area contributed by atoms with Crippen molar-refractivity contribution in [1.82, 2.24) is 4.90 Å². The molecular formula is C19H29NO4. The fourth-order valence-electron chi connectivity index (χ4n) is 4.10. The van der Waals surface area contributed by atoms with Gasteiger partial charge < -0.3 is 18.9 Å². The lowest BCUT2D eigenvalue weighted by Gasteiger charge is -2.48. The molecule has 3 rings (SSSR count). The maximum absolute atomic E-state index is 6.20. The van der Waals surface area contributed by atoms with Crippen LogP contribution in [0.25, 0.3) is 0 Å². The highest BCUT2D eigenvalue weighted by molar-refractivity contribution is 5.44. The van der Waals surface area contributed by atoms with Crippen molar-refractivity contribution >= 4 is 0 Å². The first kappa shape index (κ1) is 17.5. The molecule has 1 aromatic rings. The second-order valence-electron chi connectivity index (χ2n) is 6.70. The quantitative estimate of drug-likeness (QED) is 0.827. The third kappa shape index (κ3) is 3.39. The van der Waals surface area contributed by atoms with E-state index in [2.05, 4.69) is 4.90 Å². The number of piperidine rings is 1. The molecule has 1 atom stereocenters. The van der Waals surface area contributed by atoms with E-state index in [1.165, 1.54) is 0 Å². The Morgan fingerprint density at radius 1 is 1.12 bits per heavy atom. The van der Waals surface area contributed by atoms with E-state index in [-0.39, 0.29) is 11.7 Å². The molecule has 5 heteroatoms. The number of hydrogen-bond donors (Lipinski definition) is 0. The summed E-state index contributed by atoms with van der Waals surface area (Å²) in [6.07, 6.45) is 4.47. The van der Waals surface area contributed by atoms with E-state index >= 15 is 0 Å². The summed E-state index contributed by atoms with van der Waals surface area (Å²) >= 11 is 0. The van der Waals surface area contributed by atoms with Crippen LogP contribution in [0.15, 0.2) is 18.2 Å². The zero-order valence-electron chi connectivity index (χ0n) is 15.0. The average molecular weight is 335 g/mol. The minimum Gasteiger partial charge on any atom is -0.496 e. The Bertz CT molecular complexity index is 518. The summed E-state index contributed by atoms with van der Waals surface area (Å²) < 4.78 is 23.0. The summed E-state index contributed by atoms with van der Waals surface area (Å²) in [6, 6.07) is 5.95. The molecule has 2 aliphatic rings. The Balaban J connectivity index is 1.68. The van der Waals surface area contributed by atoms with Crippen molar-refractivity contribution in [1.29, 1.82) is 0 Å². The predicted octanol–water partition coefficient (Wildman–Crippen LogP) is 2.86. The number of likely N-dealkylation sites (tertiary alicyclic amines) is 1. The molecule has 0 radical (unpaired) electrons. The zero-order valence-corrected chi connectivity index (χ0v) is 15.0. The minimum atomic E-state index is -0.0889. The molecule has 2 saturated heterocycles. The number of benzene rings is 1. The van der Waals surface area contributed by atoms with Gasteiger partial charge in [-0.3, -0.25) is 4.90 Å². The van der Waals surface area contributed by atoms with Gasteiger partial charge in [0.2, 0.25) is 0 Å². The van der Waals surface area contributed by atoms with Gasteiger partial charge in [0.15, 0.2) is 0 Å². The molecule has 0 saturated carbocycles. The minimum absolute atomic E-state index is 0.0889. The van der Waals surface area contributed by atoms with Gasteiger partial charge in [-0.15, -0.1) is 0 Å². The standard InChI is InChI=1S/C19H29NO4/c1-21-16-6-4-7-17(22-2)15(16)14-20-11-9-19(10-12-20)18(23-3)8-5-13-24-19/h4,6-7,18H,5,8-14H2,1-3H3. The molecule has 0 aliphatic carbocycles. The summed E-state index contributed by atoms with van der Waals surface area (Å²) in [6.45, 7) is 3.70. The highest BCUT2D eigenvalue weighted by Crippen LogP contribution is 2.38. The second-order valence-corrected chi connectivity index (χ2v) is 6.70. The molecular weight excluding hydrogens is 306 g/mol. The fraction of sp³-hybridized carbons (Fsp3) is 0.684. The van der Waals surface area contributed by atoms with Crippen molar-refractivity contribution < 1.29 is 18.9 Å². The Kier molecular flexibility index (Phi) is 5.64. The maximum Gasteiger partial charge on any atom is 0.127 e. The topological polar surface area (TPSA) is 40.2 Å². The maximum atomic E-state index is 6.20. The number of methoxy groups -OCH3 is 3. The van der Waals surface area contributed by atoms with Gasteiger partial charge in [-0.25, -0.2) is 0 Å². The van der Waals surface area contributed by atoms with Crippen molar-refractivity contribution in [2.45, 2.75) is 43.9 Å². The van der Waals surface area contributed by atoms with Gasteiger partial charge in [0.25, 0.3) is 0 Å². The second kappa shape index (κ2) is 7.72. The molecule has 5 nitrogen and oxygen atoms in total. The summed E-state index contributed by atoms with van der Waals surface area (Å²) in [7, 11) is 5.23. The molecule has 1 aromatic carbocycles. The van der Waals surface area contributed by atoms with Crippen molar-refractivity contribution in [2.24, 2.45) is 0 Å². The Morgan fingerprint density at radius 2 is 1.79 bits per heavy atom. The van der Waals surface area contributed by atoms with E-state index in [4.69, 9.17) is 18.9 Å². The van der Waals surface area contributed by atoms with Crippen LogP contribution in [0.5, 0.6) is 11.5 Å². The van der Waals surface area contributed by atoms with Crippen molar-refractivity contribution in [3.63, 3.8) is 0 Å². The molecule has 2 heterocycles. The molecule has 0 bridgehead atoms. The lowest BCUT2D eigenvalue weighted by molar-refractivity contribution is -0.186. The van der Waals surface area contributed by atoms with Crippen LogP contribution < -0.4 is 9.47 Å². The van der Waals surface area contributed by atoms with Gasteiger partial charge in [-0.1, -0.05) is 6.07 Å². The van der Waals surface area contributed by atoms with Gasteiger partial charge in [-0.05, 0) is 37.8 Å².